The average molecular weight is 227 g/mol. The SMILES string of the molecule is CCNCC(=O)NCC1(C)CCN(C)CC1. The fourth-order valence-corrected chi connectivity index (χ4v) is 1.95. The Balaban J connectivity index is 2.23. The number of carbonyl (C=O) groups excluding carboxylic acids is 1. The van der Waals surface area contributed by atoms with Gasteiger partial charge >= 0.3 is 0 Å². The van der Waals surface area contributed by atoms with Crippen LogP contribution in [-0.4, -0.2) is 50.6 Å². The van der Waals surface area contributed by atoms with Crippen LogP contribution in [0.2, 0.25) is 0 Å². The minimum atomic E-state index is 0.113. The van der Waals surface area contributed by atoms with Gasteiger partial charge in [-0.25, -0.2) is 0 Å². The molecule has 0 spiro atoms. The molecule has 0 atom stereocenters. The fraction of sp³-hybridized carbons (Fsp3) is 0.917. The first kappa shape index (κ1) is 13.5. The number of piperidine rings is 1. The fourth-order valence-electron chi connectivity index (χ4n) is 1.95. The molecule has 0 aromatic carbocycles. The summed E-state index contributed by atoms with van der Waals surface area (Å²) in [5, 5.41) is 6.06. The van der Waals surface area contributed by atoms with E-state index in [4.69, 9.17) is 0 Å². The molecule has 16 heavy (non-hydrogen) atoms. The van der Waals surface area contributed by atoms with Gasteiger partial charge in [0.2, 0.25) is 5.91 Å². The molecule has 1 aliphatic rings. The topological polar surface area (TPSA) is 44.4 Å². The third-order valence-electron chi connectivity index (χ3n) is 3.44. The molecular formula is C12H25N3O. The van der Waals surface area contributed by atoms with Crippen molar-refractivity contribution in [3.05, 3.63) is 0 Å². The van der Waals surface area contributed by atoms with E-state index in [0.717, 1.165) is 26.2 Å². The lowest BCUT2D eigenvalue weighted by atomic mass is 9.80. The molecule has 1 rings (SSSR count). The molecule has 0 saturated carbocycles. The van der Waals surface area contributed by atoms with Gasteiger partial charge in [0.15, 0.2) is 0 Å². The van der Waals surface area contributed by atoms with Gasteiger partial charge in [-0.2, -0.15) is 0 Å². The van der Waals surface area contributed by atoms with Gasteiger partial charge in [-0.1, -0.05) is 13.8 Å². The van der Waals surface area contributed by atoms with Gasteiger partial charge in [0.1, 0.15) is 0 Å². The largest absolute Gasteiger partial charge is 0.354 e. The normalized spacial score (nSPS) is 20.7. The number of carbonyl (C=O) groups is 1. The molecule has 0 aromatic heterocycles. The van der Waals surface area contributed by atoms with Crippen molar-refractivity contribution in [3.63, 3.8) is 0 Å². The van der Waals surface area contributed by atoms with E-state index in [2.05, 4.69) is 29.5 Å². The Morgan fingerprint density at radius 2 is 2.00 bits per heavy atom. The lowest BCUT2D eigenvalue weighted by molar-refractivity contribution is -0.120. The summed E-state index contributed by atoms with van der Waals surface area (Å²) in [5.41, 5.74) is 0.286. The van der Waals surface area contributed by atoms with Crippen molar-refractivity contribution >= 4 is 5.91 Å². The quantitative estimate of drug-likeness (QED) is 0.716. The minimum absolute atomic E-state index is 0.113. The van der Waals surface area contributed by atoms with E-state index in [1.165, 1.54) is 12.8 Å². The van der Waals surface area contributed by atoms with Crippen LogP contribution in [0.1, 0.15) is 26.7 Å². The maximum Gasteiger partial charge on any atom is 0.233 e. The van der Waals surface area contributed by atoms with Gasteiger partial charge < -0.3 is 15.5 Å². The minimum Gasteiger partial charge on any atom is -0.354 e. The summed E-state index contributed by atoms with van der Waals surface area (Å²) < 4.78 is 0. The standard InChI is InChI=1S/C12H25N3O/c1-4-13-9-11(16)14-10-12(2)5-7-15(3)8-6-12/h13H,4-10H2,1-3H3,(H,14,16). The maximum absolute atomic E-state index is 11.5. The molecule has 1 heterocycles. The van der Waals surface area contributed by atoms with E-state index in [0.29, 0.717) is 6.54 Å². The van der Waals surface area contributed by atoms with Crippen molar-refractivity contribution in [1.29, 1.82) is 0 Å². The molecule has 4 nitrogen and oxygen atoms in total. The van der Waals surface area contributed by atoms with Crippen LogP contribution in [0.5, 0.6) is 0 Å². The number of nitrogens with zero attached hydrogens (tertiary/aromatic N) is 1. The van der Waals surface area contributed by atoms with Gasteiger partial charge in [-0.3, -0.25) is 4.79 Å². The number of nitrogens with one attached hydrogen (secondary N) is 2. The summed E-state index contributed by atoms with van der Waals surface area (Å²) in [6.45, 7) is 8.64. The highest BCUT2D eigenvalue weighted by Gasteiger charge is 2.28. The van der Waals surface area contributed by atoms with Crippen molar-refractivity contribution < 1.29 is 4.79 Å². The predicted octanol–water partition coefficient (Wildman–Crippen LogP) is 0.444. The summed E-state index contributed by atoms with van der Waals surface area (Å²) >= 11 is 0. The predicted molar refractivity (Wildman–Crippen MR) is 66.4 cm³/mol. The van der Waals surface area contributed by atoms with Crippen LogP contribution in [0.3, 0.4) is 0 Å². The first-order valence-electron chi connectivity index (χ1n) is 6.22. The van der Waals surface area contributed by atoms with Crippen molar-refractivity contribution in [2.24, 2.45) is 5.41 Å². The highest BCUT2D eigenvalue weighted by molar-refractivity contribution is 5.77. The van der Waals surface area contributed by atoms with Crippen molar-refractivity contribution in [3.8, 4) is 0 Å². The van der Waals surface area contributed by atoms with Crippen molar-refractivity contribution in [2.45, 2.75) is 26.7 Å². The summed E-state index contributed by atoms with van der Waals surface area (Å²) in [5.74, 6) is 0.113. The second-order valence-electron chi connectivity index (χ2n) is 5.17. The number of amides is 1. The van der Waals surface area contributed by atoms with E-state index in [9.17, 15) is 4.79 Å². The number of hydrogen-bond acceptors (Lipinski definition) is 3. The molecule has 0 unspecified atom stereocenters. The molecule has 0 radical (unpaired) electrons. The van der Waals surface area contributed by atoms with Crippen LogP contribution in [0, 0.1) is 5.41 Å². The lowest BCUT2D eigenvalue weighted by Crippen LogP contribution is -2.45. The highest BCUT2D eigenvalue weighted by Crippen LogP contribution is 2.29. The van der Waals surface area contributed by atoms with Gasteiger partial charge in [0, 0.05) is 6.54 Å². The Morgan fingerprint density at radius 1 is 1.38 bits per heavy atom. The van der Waals surface area contributed by atoms with Gasteiger partial charge in [-0.05, 0) is 44.9 Å². The zero-order chi connectivity index (χ0) is 12.0. The highest BCUT2D eigenvalue weighted by atomic mass is 16.1. The summed E-state index contributed by atoms with van der Waals surface area (Å²) in [6.07, 6.45) is 2.34. The number of likely N-dealkylation sites (N-methyl/N-ethyl adjacent to an activating group) is 1. The maximum atomic E-state index is 11.5. The average Bonchev–Trinajstić information content (AvgIpc) is 2.28. The summed E-state index contributed by atoms with van der Waals surface area (Å²) in [6, 6.07) is 0. The zero-order valence-corrected chi connectivity index (χ0v) is 10.8. The Kier molecular flexibility index (Phi) is 5.22. The lowest BCUT2D eigenvalue weighted by Gasteiger charge is -2.37. The first-order valence-corrected chi connectivity index (χ1v) is 6.22. The van der Waals surface area contributed by atoms with Crippen LogP contribution in [0.4, 0.5) is 0 Å². The molecule has 1 aliphatic heterocycles. The van der Waals surface area contributed by atoms with Crippen LogP contribution in [-0.2, 0) is 4.79 Å². The summed E-state index contributed by atoms with van der Waals surface area (Å²) in [4.78, 5) is 13.8. The second kappa shape index (κ2) is 6.21. The van der Waals surface area contributed by atoms with E-state index >= 15 is 0 Å². The van der Waals surface area contributed by atoms with Crippen molar-refractivity contribution in [2.75, 3.05) is 39.8 Å². The van der Waals surface area contributed by atoms with Gasteiger partial charge in [0.25, 0.3) is 0 Å². The van der Waals surface area contributed by atoms with E-state index in [-0.39, 0.29) is 11.3 Å². The Bertz CT molecular complexity index is 222. The molecule has 0 aromatic rings. The van der Waals surface area contributed by atoms with E-state index in [1.807, 2.05) is 6.92 Å². The first-order chi connectivity index (χ1) is 7.56. The van der Waals surface area contributed by atoms with E-state index < -0.39 is 0 Å². The number of likely N-dealkylation sites (tertiary alicyclic amines) is 1. The molecule has 1 amide bonds. The molecule has 2 N–H and O–H groups in total. The molecule has 94 valence electrons. The second-order valence-corrected chi connectivity index (χ2v) is 5.17. The van der Waals surface area contributed by atoms with Crippen LogP contribution in [0.25, 0.3) is 0 Å². The van der Waals surface area contributed by atoms with Crippen molar-refractivity contribution in [1.82, 2.24) is 15.5 Å². The molecule has 0 aliphatic carbocycles. The Hall–Kier alpha value is -0.610. The number of rotatable bonds is 5. The molecule has 0 bridgehead atoms. The monoisotopic (exact) mass is 227 g/mol. The molecule has 1 saturated heterocycles. The zero-order valence-electron chi connectivity index (χ0n) is 10.8. The smallest absolute Gasteiger partial charge is 0.233 e. The number of hydrogen-bond donors (Lipinski definition) is 2. The third-order valence-corrected chi connectivity index (χ3v) is 3.44. The van der Waals surface area contributed by atoms with Gasteiger partial charge in [-0.15, -0.1) is 0 Å². The molecule has 4 heteroatoms. The molecular weight excluding hydrogens is 202 g/mol. The van der Waals surface area contributed by atoms with Crippen LogP contribution >= 0.6 is 0 Å². The third kappa shape index (κ3) is 4.49. The molecule has 1 fully saturated rings. The Labute approximate surface area is 98.8 Å². The van der Waals surface area contributed by atoms with Gasteiger partial charge in [0.05, 0.1) is 6.54 Å². The van der Waals surface area contributed by atoms with Crippen LogP contribution < -0.4 is 10.6 Å². The Morgan fingerprint density at radius 3 is 2.56 bits per heavy atom. The van der Waals surface area contributed by atoms with E-state index in [1.54, 1.807) is 0 Å². The summed E-state index contributed by atoms with van der Waals surface area (Å²) in [7, 11) is 2.16. The van der Waals surface area contributed by atoms with Crippen LogP contribution in [0.15, 0.2) is 0 Å².